The number of aromatic nitrogens is 1. The van der Waals surface area contributed by atoms with Crippen LogP contribution in [0.5, 0.6) is 0 Å². The van der Waals surface area contributed by atoms with E-state index in [0.29, 0.717) is 0 Å². The van der Waals surface area contributed by atoms with Crippen LogP contribution in [-0.2, 0) is 0 Å². The van der Waals surface area contributed by atoms with E-state index in [4.69, 9.17) is 0 Å². The lowest BCUT2D eigenvalue weighted by Gasteiger charge is -2.02. The average Bonchev–Trinajstić information content (AvgIpc) is 2.39. The molecule has 2 rings (SSSR count). The van der Waals surface area contributed by atoms with Crippen LogP contribution in [-0.4, -0.2) is 0 Å². The Morgan fingerprint density at radius 1 is 0.938 bits per heavy atom. The lowest BCUT2D eigenvalue weighted by Crippen LogP contribution is -2.26. The molecule has 0 aliphatic heterocycles. The summed E-state index contributed by atoms with van der Waals surface area (Å²) in [4.78, 5) is 0. The van der Waals surface area contributed by atoms with E-state index in [-0.39, 0.29) is 0 Å². The van der Waals surface area contributed by atoms with Crippen molar-refractivity contribution >= 4 is 10.9 Å². The van der Waals surface area contributed by atoms with Crippen LogP contribution in [0.3, 0.4) is 0 Å². The molecule has 0 saturated heterocycles. The molecule has 1 aromatic carbocycles. The highest BCUT2D eigenvalue weighted by Crippen LogP contribution is 2.12. The van der Waals surface area contributed by atoms with Crippen LogP contribution in [0.1, 0.15) is 33.3 Å². The van der Waals surface area contributed by atoms with Crippen molar-refractivity contribution in [2.45, 2.75) is 34.6 Å². The van der Waals surface area contributed by atoms with E-state index >= 15 is 0 Å². The summed E-state index contributed by atoms with van der Waals surface area (Å²) < 4.78 is 0.891. The van der Waals surface area contributed by atoms with Gasteiger partial charge in [-0.25, -0.2) is 0 Å². The van der Waals surface area contributed by atoms with Gasteiger partial charge >= 0.3 is 0 Å². The first-order valence-corrected chi connectivity index (χ1v) is 5.86. The second-order valence-corrected chi connectivity index (χ2v) is 2.84. The highest BCUT2D eigenvalue weighted by molar-refractivity contribution is 5.78. The summed E-state index contributed by atoms with van der Waals surface area (Å²) in [7, 11) is 0. The molecule has 0 aliphatic rings. The molecule has 0 bridgehead atoms. The van der Waals surface area contributed by atoms with Gasteiger partial charge in [0.25, 0.3) is 0 Å². The molecule has 0 N–H and O–H groups in total. The predicted octanol–water partition coefficient (Wildman–Crippen LogP) is 3.83. The summed E-state index contributed by atoms with van der Waals surface area (Å²) in [6.07, 6.45) is 1.54. The van der Waals surface area contributed by atoms with E-state index in [1.165, 1.54) is 6.20 Å². The Labute approximate surface area is 98.1 Å². The Balaban J connectivity index is 0.000000509. The minimum atomic E-state index is 0.734. The fourth-order valence-electron chi connectivity index (χ4n) is 1.35. The summed E-state index contributed by atoms with van der Waals surface area (Å²) >= 11 is 0. The van der Waals surface area contributed by atoms with Gasteiger partial charge < -0.3 is 5.21 Å². The quantitative estimate of drug-likeness (QED) is 0.488. The number of benzene rings is 1. The molecule has 0 spiro atoms. The van der Waals surface area contributed by atoms with E-state index in [1.54, 1.807) is 0 Å². The molecule has 0 radical (unpaired) electrons. The highest BCUT2D eigenvalue weighted by Gasteiger charge is 2.02. The fraction of sp³-hybridized carbons (Fsp3) is 0.357. The number of hydrogen-bond donors (Lipinski definition) is 0. The average molecular weight is 219 g/mol. The SMILES string of the molecule is CC.CC.Cc1cc[n+]([O-])c2ccccc12. The Morgan fingerprint density at radius 3 is 2.06 bits per heavy atom. The number of pyridine rings is 1. The summed E-state index contributed by atoms with van der Waals surface area (Å²) in [5.74, 6) is 0. The van der Waals surface area contributed by atoms with Crippen LogP contribution < -0.4 is 4.73 Å². The molecule has 16 heavy (non-hydrogen) atoms. The van der Waals surface area contributed by atoms with Crippen molar-refractivity contribution in [3.05, 3.63) is 47.3 Å². The molecule has 0 fully saturated rings. The number of rotatable bonds is 0. The molecular weight excluding hydrogens is 198 g/mol. The molecule has 0 atom stereocenters. The van der Waals surface area contributed by atoms with Crippen molar-refractivity contribution in [1.82, 2.24) is 0 Å². The van der Waals surface area contributed by atoms with Gasteiger partial charge in [-0.3, -0.25) is 0 Å². The first-order chi connectivity index (χ1) is 7.79. The minimum Gasteiger partial charge on any atom is -0.618 e. The molecule has 2 heteroatoms. The van der Waals surface area contributed by atoms with Crippen LogP contribution in [0.2, 0.25) is 0 Å². The molecule has 0 aliphatic carbocycles. The minimum absolute atomic E-state index is 0.734. The third-order valence-electron chi connectivity index (χ3n) is 2.03. The van der Waals surface area contributed by atoms with Crippen LogP contribution in [0.25, 0.3) is 10.9 Å². The summed E-state index contributed by atoms with van der Waals surface area (Å²) in [5.41, 5.74) is 1.87. The molecule has 2 aromatic rings. The van der Waals surface area contributed by atoms with E-state index in [9.17, 15) is 5.21 Å². The molecule has 1 aromatic heterocycles. The Kier molecular flexibility index (Phi) is 6.93. The fourth-order valence-corrected chi connectivity index (χ4v) is 1.35. The first kappa shape index (κ1) is 14.4. The molecule has 0 saturated carbocycles. The molecule has 0 unspecified atom stereocenters. The zero-order valence-electron chi connectivity index (χ0n) is 10.8. The molecule has 1 heterocycles. The molecular formula is C14H21NO. The Bertz CT molecular complexity index is 384. The Hall–Kier alpha value is -1.57. The molecule has 2 nitrogen and oxygen atoms in total. The van der Waals surface area contributed by atoms with Crippen molar-refractivity contribution in [2.24, 2.45) is 0 Å². The van der Waals surface area contributed by atoms with Gasteiger partial charge in [-0.2, -0.15) is 4.73 Å². The van der Waals surface area contributed by atoms with E-state index in [2.05, 4.69) is 0 Å². The Morgan fingerprint density at radius 2 is 1.50 bits per heavy atom. The normalized spacial score (nSPS) is 8.56. The van der Waals surface area contributed by atoms with Crippen molar-refractivity contribution in [3.8, 4) is 0 Å². The third kappa shape index (κ3) is 3.23. The lowest BCUT2D eigenvalue weighted by molar-refractivity contribution is -0.577. The monoisotopic (exact) mass is 219 g/mol. The van der Waals surface area contributed by atoms with Gasteiger partial charge in [0, 0.05) is 12.1 Å². The van der Waals surface area contributed by atoms with Crippen molar-refractivity contribution in [2.75, 3.05) is 0 Å². The van der Waals surface area contributed by atoms with E-state index in [0.717, 1.165) is 21.2 Å². The van der Waals surface area contributed by atoms with Crippen LogP contribution in [0, 0.1) is 12.1 Å². The number of aryl methyl sites for hydroxylation is 1. The second-order valence-electron chi connectivity index (χ2n) is 2.84. The van der Waals surface area contributed by atoms with E-state index < -0.39 is 0 Å². The number of para-hydroxylation sites is 1. The standard InChI is InChI=1S/C10H9NO.2C2H6/c1-8-6-7-11(12)10-5-3-2-4-9(8)10;2*1-2/h2-7H,1H3;2*1-2H3. The smallest absolute Gasteiger partial charge is 0.223 e. The number of hydrogen-bond acceptors (Lipinski definition) is 1. The van der Waals surface area contributed by atoms with Crippen LogP contribution >= 0.6 is 0 Å². The second kappa shape index (κ2) is 7.69. The zero-order chi connectivity index (χ0) is 12.6. The molecule has 88 valence electrons. The maximum absolute atomic E-state index is 11.2. The van der Waals surface area contributed by atoms with Gasteiger partial charge in [0.2, 0.25) is 5.52 Å². The van der Waals surface area contributed by atoms with Gasteiger partial charge in [-0.1, -0.05) is 39.8 Å². The maximum atomic E-state index is 11.2. The maximum Gasteiger partial charge on any atom is 0.223 e. The summed E-state index contributed by atoms with van der Waals surface area (Å²) in [5, 5.41) is 12.3. The highest BCUT2D eigenvalue weighted by atomic mass is 16.5. The number of fused-ring (bicyclic) bond motifs is 1. The first-order valence-electron chi connectivity index (χ1n) is 5.86. The van der Waals surface area contributed by atoms with Gasteiger partial charge in [0.15, 0.2) is 6.20 Å². The summed E-state index contributed by atoms with van der Waals surface area (Å²) in [6, 6.07) is 9.43. The van der Waals surface area contributed by atoms with Gasteiger partial charge in [0.05, 0.1) is 5.39 Å². The van der Waals surface area contributed by atoms with Crippen LogP contribution in [0.4, 0.5) is 0 Å². The largest absolute Gasteiger partial charge is 0.618 e. The van der Waals surface area contributed by atoms with Gasteiger partial charge in [0.1, 0.15) is 0 Å². The van der Waals surface area contributed by atoms with Gasteiger partial charge in [-0.05, 0) is 18.6 Å². The third-order valence-corrected chi connectivity index (χ3v) is 2.03. The lowest BCUT2D eigenvalue weighted by atomic mass is 10.1. The van der Waals surface area contributed by atoms with Crippen LogP contribution in [0.15, 0.2) is 36.5 Å². The van der Waals surface area contributed by atoms with Crippen molar-refractivity contribution < 1.29 is 4.73 Å². The topological polar surface area (TPSA) is 26.9 Å². The zero-order valence-corrected chi connectivity index (χ0v) is 10.8. The van der Waals surface area contributed by atoms with Crippen molar-refractivity contribution in [3.63, 3.8) is 0 Å². The molecule has 0 amide bonds. The van der Waals surface area contributed by atoms with Gasteiger partial charge in [-0.15, -0.1) is 0 Å². The van der Waals surface area contributed by atoms with Crippen molar-refractivity contribution in [1.29, 1.82) is 0 Å². The number of nitrogens with zero attached hydrogens (tertiary/aromatic N) is 1. The predicted molar refractivity (Wildman–Crippen MR) is 70.3 cm³/mol. The summed E-state index contributed by atoms with van der Waals surface area (Å²) in [6.45, 7) is 10.0. The van der Waals surface area contributed by atoms with E-state index in [1.807, 2.05) is 65.0 Å².